The van der Waals surface area contributed by atoms with E-state index in [4.69, 9.17) is 0 Å². The molecule has 1 fully saturated rings. The van der Waals surface area contributed by atoms with Crippen molar-refractivity contribution in [1.82, 2.24) is 20.0 Å². The van der Waals surface area contributed by atoms with Crippen molar-refractivity contribution in [1.29, 1.82) is 0 Å². The van der Waals surface area contributed by atoms with E-state index in [0.717, 1.165) is 44.3 Å². The van der Waals surface area contributed by atoms with Gasteiger partial charge in [-0.15, -0.1) is 24.0 Å². The lowest BCUT2D eigenvalue weighted by atomic mass is 10.2. The average Bonchev–Trinajstić information content (AvgIpc) is 2.63. The molecule has 0 saturated carbocycles. The molecule has 0 aliphatic carbocycles. The van der Waals surface area contributed by atoms with E-state index in [1.165, 1.54) is 5.56 Å². The molecule has 6 nitrogen and oxygen atoms in total. The van der Waals surface area contributed by atoms with Crippen molar-refractivity contribution >= 4 is 35.8 Å². The Bertz CT molecular complexity index is 625. The largest absolute Gasteiger partial charge is 0.353 e. The molecule has 1 aromatic carbocycles. The Morgan fingerprint density at radius 1 is 1.19 bits per heavy atom. The number of piperazine rings is 1. The molecule has 1 N–H and O–H groups in total. The number of hydrogen-bond acceptors (Lipinski definition) is 3. The Labute approximate surface area is 180 Å². The maximum atomic E-state index is 11.9. The van der Waals surface area contributed by atoms with Crippen LogP contribution >= 0.6 is 24.0 Å². The van der Waals surface area contributed by atoms with E-state index < -0.39 is 0 Å². The fourth-order valence-electron chi connectivity index (χ4n) is 2.74. The van der Waals surface area contributed by atoms with Gasteiger partial charge in [0.05, 0.1) is 0 Å². The highest BCUT2D eigenvalue weighted by atomic mass is 127. The van der Waals surface area contributed by atoms with Crippen molar-refractivity contribution in [2.45, 2.75) is 13.5 Å². The summed E-state index contributed by atoms with van der Waals surface area (Å²) in [7, 11) is 3.50. The first-order valence-electron chi connectivity index (χ1n) is 9.10. The van der Waals surface area contributed by atoms with Crippen LogP contribution in [0.1, 0.15) is 12.5 Å². The van der Waals surface area contributed by atoms with Crippen LogP contribution in [-0.4, -0.2) is 79.9 Å². The predicted octanol–water partition coefficient (Wildman–Crippen LogP) is 2.03. The first kappa shape index (κ1) is 23.4. The van der Waals surface area contributed by atoms with Crippen LogP contribution in [0, 0.1) is 0 Å². The number of halogens is 1. The molecule has 0 radical (unpaired) electrons. The monoisotopic (exact) mass is 485 g/mol. The topological polar surface area (TPSA) is 51.2 Å². The highest BCUT2D eigenvalue weighted by Gasteiger charge is 2.20. The van der Waals surface area contributed by atoms with Crippen LogP contribution in [0.4, 0.5) is 0 Å². The van der Waals surface area contributed by atoms with Gasteiger partial charge in [0.2, 0.25) is 5.91 Å². The first-order chi connectivity index (χ1) is 12.5. The van der Waals surface area contributed by atoms with E-state index in [0.29, 0.717) is 6.54 Å². The minimum absolute atomic E-state index is 0. The molecule has 1 heterocycles. The van der Waals surface area contributed by atoms with Gasteiger partial charge in [-0.1, -0.05) is 42.5 Å². The lowest BCUT2D eigenvalue weighted by Gasteiger charge is -2.36. The van der Waals surface area contributed by atoms with Gasteiger partial charge in [0.15, 0.2) is 5.96 Å². The molecule has 1 aliphatic heterocycles. The summed E-state index contributed by atoms with van der Waals surface area (Å²) in [5, 5.41) is 3.33. The molecule has 0 atom stereocenters. The van der Waals surface area contributed by atoms with Gasteiger partial charge in [-0.05, 0) is 12.5 Å². The summed E-state index contributed by atoms with van der Waals surface area (Å²) in [6.07, 6.45) is 0. The van der Waals surface area contributed by atoms with E-state index in [1.54, 1.807) is 19.0 Å². The molecule has 1 saturated heterocycles. The number of amides is 1. The summed E-state index contributed by atoms with van der Waals surface area (Å²) in [5.74, 6) is 0.796. The second-order valence-electron chi connectivity index (χ2n) is 6.99. The fraction of sp³-hybridized carbons (Fsp3) is 0.500. The van der Waals surface area contributed by atoms with Gasteiger partial charge in [-0.3, -0.25) is 9.69 Å². The van der Waals surface area contributed by atoms with Gasteiger partial charge in [0, 0.05) is 53.4 Å². The molecular weight excluding hydrogens is 453 g/mol. The molecule has 0 spiro atoms. The fourth-order valence-corrected chi connectivity index (χ4v) is 2.74. The third-order valence-corrected chi connectivity index (χ3v) is 4.33. The Kier molecular flexibility index (Phi) is 10.4. The van der Waals surface area contributed by atoms with Crippen LogP contribution in [0.2, 0.25) is 0 Å². The lowest BCUT2D eigenvalue weighted by Crippen LogP contribution is -2.52. The van der Waals surface area contributed by atoms with Crippen molar-refractivity contribution in [2.24, 2.45) is 4.99 Å². The summed E-state index contributed by atoms with van der Waals surface area (Å²) in [6, 6.07) is 10.5. The molecule has 0 unspecified atom stereocenters. The number of guanidine groups is 1. The van der Waals surface area contributed by atoms with Crippen molar-refractivity contribution in [3.8, 4) is 0 Å². The Morgan fingerprint density at radius 2 is 1.81 bits per heavy atom. The van der Waals surface area contributed by atoms with Crippen LogP contribution in [-0.2, 0) is 11.3 Å². The third kappa shape index (κ3) is 8.30. The van der Waals surface area contributed by atoms with Gasteiger partial charge in [0.1, 0.15) is 6.54 Å². The molecule has 0 aromatic heterocycles. The maximum Gasteiger partial charge on any atom is 0.243 e. The van der Waals surface area contributed by atoms with Gasteiger partial charge < -0.3 is 15.1 Å². The van der Waals surface area contributed by atoms with Crippen LogP contribution in [0.15, 0.2) is 47.5 Å². The number of benzene rings is 1. The molecule has 1 amide bonds. The summed E-state index contributed by atoms with van der Waals surface area (Å²) in [5.41, 5.74) is 2.38. The molecule has 7 heteroatoms. The molecule has 1 aliphatic rings. The number of likely N-dealkylation sites (N-methyl/N-ethyl adjacent to an activating group) is 1. The van der Waals surface area contributed by atoms with Crippen LogP contribution < -0.4 is 5.32 Å². The van der Waals surface area contributed by atoms with Crippen molar-refractivity contribution < 1.29 is 4.79 Å². The highest BCUT2D eigenvalue weighted by Crippen LogP contribution is 2.08. The van der Waals surface area contributed by atoms with Gasteiger partial charge in [0.25, 0.3) is 0 Å². The number of nitrogens with one attached hydrogen (secondary N) is 1. The summed E-state index contributed by atoms with van der Waals surface area (Å²) >= 11 is 0. The van der Waals surface area contributed by atoms with E-state index in [-0.39, 0.29) is 36.4 Å². The lowest BCUT2D eigenvalue weighted by molar-refractivity contribution is -0.127. The zero-order valence-corrected chi connectivity index (χ0v) is 19.0. The second kappa shape index (κ2) is 12.0. The van der Waals surface area contributed by atoms with Crippen molar-refractivity contribution in [3.63, 3.8) is 0 Å². The number of carbonyl (C=O) groups is 1. The number of aliphatic imine (C=N–C) groups is 1. The van der Waals surface area contributed by atoms with Gasteiger partial charge in [-0.25, -0.2) is 4.99 Å². The zero-order valence-electron chi connectivity index (χ0n) is 16.6. The summed E-state index contributed by atoms with van der Waals surface area (Å²) in [4.78, 5) is 22.6. The maximum absolute atomic E-state index is 11.9. The Morgan fingerprint density at radius 3 is 2.37 bits per heavy atom. The molecule has 1 aromatic rings. The summed E-state index contributed by atoms with van der Waals surface area (Å²) in [6.45, 7) is 11.5. The molecular formula is C20H32IN5O. The molecule has 2 rings (SSSR count). The zero-order chi connectivity index (χ0) is 18.9. The number of carbonyl (C=O) groups excluding carboxylic acids is 1. The number of rotatable bonds is 6. The molecule has 0 bridgehead atoms. The van der Waals surface area contributed by atoms with Crippen molar-refractivity contribution in [3.05, 3.63) is 48.0 Å². The minimum Gasteiger partial charge on any atom is -0.353 e. The van der Waals surface area contributed by atoms with Gasteiger partial charge >= 0.3 is 0 Å². The van der Waals surface area contributed by atoms with E-state index >= 15 is 0 Å². The van der Waals surface area contributed by atoms with Crippen molar-refractivity contribution in [2.75, 3.05) is 53.4 Å². The van der Waals surface area contributed by atoms with Crippen LogP contribution in [0.25, 0.3) is 0 Å². The van der Waals surface area contributed by atoms with Crippen LogP contribution in [0.5, 0.6) is 0 Å². The van der Waals surface area contributed by atoms with E-state index in [1.807, 2.05) is 13.0 Å². The van der Waals surface area contributed by atoms with Gasteiger partial charge in [-0.2, -0.15) is 0 Å². The smallest absolute Gasteiger partial charge is 0.243 e. The number of hydrogen-bond donors (Lipinski definition) is 1. The standard InChI is InChI=1S/C20H31N5O.HI/c1-17(2)14-21-20(22-15-19(26)23(3)4)25-12-10-24(11-13-25)16-18-8-6-5-7-9-18;/h5-9H,1,10-16H2,2-4H3,(H,21,22);1H. The predicted molar refractivity (Wildman–Crippen MR) is 123 cm³/mol. The average molecular weight is 485 g/mol. The third-order valence-electron chi connectivity index (χ3n) is 4.33. The highest BCUT2D eigenvalue weighted by molar-refractivity contribution is 14.0. The molecule has 150 valence electrons. The Balaban J connectivity index is 0.00000364. The van der Waals surface area contributed by atoms with E-state index in [2.05, 4.69) is 51.0 Å². The first-order valence-corrected chi connectivity index (χ1v) is 9.10. The number of nitrogens with zero attached hydrogens (tertiary/aromatic N) is 4. The normalized spacial score (nSPS) is 15.1. The van der Waals surface area contributed by atoms with E-state index in [9.17, 15) is 4.79 Å². The molecule has 27 heavy (non-hydrogen) atoms. The minimum atomic E-state index is 0. The Hall–Kier alpha value is -1.61. The SMILES string of the molecule is C=C(C)CNC(=NCC(=O)N(C)C)N1CCN(Cc2ccccc2)CC1.I. The summed E-state index contributed by atoms with van der Waals surface area (Å²) < 4.78 is 0. The second-order valence-corrected chi connectivity index (χ2v) is 6.99. The quantitative estimate of drug-likeness (QED) is 0.290. The van der Waals surface area contributed by atoms with Crippen LogP contribution in [0.3, 0.4) is 0 Å².